The predicted molar refractivity (Wildman–Crippen MR) is 90.0 cm³/mol. The Labute approximate surface area is 135 Å². The van der Waals surface area contributed by atoms with Crippen LogP contribution in [0.5, 0.6) is 0 Å². The Hall–Kier alpha value is -2.72. The van der Waals surface area contributed by atoms with Crippen LogP contribution in [0.4, 0.5) is 0 Å². The van der Waals surface area contributed by atoms with Crippen LogP contribution in [0.2, 0.25) is 0 Å². The number of hydrogen-bond acceptors (Lipinski definition) is 3. The van der Waals surface area contributed by atoms with Crippen molar-refractivity contribution >= 4 is 16.7 Å². The van der Waals surface area contributed by atoms with E-state index in [0.29, 0.717) is 12.1 Å². The Kier molecular flexibility index (Phi) is 4.64. The van der Waals surface area contributed by atoms with E-state index in [-0.39, 0.29) is 19.1 Å². The molecule has 0 fully saturated rings. The number of pyridine rings is 1. The molecule has 0 atom stereocenters. The van der Waals surface area contributed by atoms with Crippen molar-refractivity contribution in [3.63, 3.8) is 0 Å². The molecule has 23 heavy (non-hydrogen) atoms. The third-order valence-electron chi connectivity index (χ3n) is 3.77. The average Bonchev–Trinajstić information content (AvgIpc) is 2.61. The zero-order valence-corrected chi connectivity index (χ0v) is 12.7. The number of amides is 1. The smallest absolute Gasteiger partial charge is 0.256 e. The second kappa shape index (κ2) is 7.03. The van der Waals surface area contributed by atoms with E-state index >= 15 is 0 Å². The number of carbonyl (C=O) groups excluding carboxylic acids is 1. The van der Waals surface area contributed by atoms with Crippen molar-refractivity contribution < 1.29 is 9.90 Å². The first-order chi connectivity index (χ1) is 11.3. The molecule has 0 saturated heterocycles. The third kappa shape index (κ3) is 3.38. The lowest BCUT2D eigenvalue weighted by molar-refractivity contribution is 0.0709. The maximum atomic E-state index is 12.9. The summed E-state index contributed by atoms with van der Waals surface area (Å²) in [6.45, 7) is 0.678. The largest absolute Gasteiger partial charge is 0.395 e. The fraction of sp³-hybridized carbons (Fsp3) is 0.158. The van der Waals surface area contributed by atoms with Crippen LogP contribution in [-0.4, -0.2) is 34.0 Å². The lowest BCUT2D eigenvalue weighted by atomic mass is 10.1. The van der Waals surface area contributed by atoms with Crippen molar-refractivity contribution in [1.29, 1.82) is 0 Å². The summed E-state index contributed by atoms with van der Waals surface area (Å²) in [6, 6.07) is 17.5. The minimum Gasteiger partial charge on any atom is -0.395 e. The number of carbonyl (C=O) groups is 1. The van der Waals surface area contributed by atoms with Crippen LogP contribution in [-0.2, 0) is 6.54 Å². The lowest BCUT2D eigenvalue weighted by Gasteiger charge is -2.22. The van der Waals surface area contributed by atoms with E-state index in [1.807, 2.05) is 54.6 Å². The highest BCUT2D eigenvalue weighted by Gasteiger charge is 2.18. The van der Waals surface area contributed by atoms with Gasteiger partial charge in [-0.05, 0) is 10.9 Å². The van der Waals surface area contributed by atoms with Crippen molar-refractivity contribution in [1.82, 2.24) is 9.88 Å². The molecule has 0 radical (unpaired) electrons. The van der Waals surface area contributed by atoms with Gasteiger partial charge in [-0.1, -0.05) is 54.6 Å². The fourth-order valence-corrected chi connectivity index (χ4v) is 2.63. The maximum Gasteiger partial charge on any atom is 0.256 e. The van der Waals surface area contributed by atoms with E-state index in [1.165, 1.54) is 0 Å². The van der Waals surface area contributed by atoms with Crippen LogP contribution in [0.3, 0.4) is 0 Å². The van der Waals surface area contributed by atoms with Gasteiger partial charge in [0.15, 0.2) is 0 Å². The third-order valence-corrected chi connectivity index (χ3v) is 3.77. The van der Waals surface area contributed by atoms with Crippen LogP contribution in [0.15, 0.2) is 67.0 Å². The van der Waals surface area contributed by atoms with E-state index < -0.39 is 0 Å². The predicted octanol–water partition coefficient (Wildman–Crippen LogP) is 2.87. The molecule has 1 aromatic heterocycles. The van der Waals surface area contributed by atoms with E-state index in [2.05, 4.69) is 4.98 Å². The molecule has 1 heterocycles. The molecule has 1 N–H and O–H groups in total. The van der Waals surface area contributed by atoms with Gasteiger partial charge in [-0.25, -0.2) is 0 Å². The molecule has 0 unspecified atom stereocenters. The molecule has 0 bridgehead atoms. The molecular weight excluding hydrogens is 288 g/mol. The number of hydrogen-bond donors (Lipinski definition) is 1. The highest BCUT2D eigenvalue weighted by atomic mass is 16.3. The number of benzene rings is 2. The average molecular weight is 306 g/mol. The van der Waals surface area contributed by atoms with E-state index in [4.69, 9.17) is 0 Å². The van der Waals surface area contributed by atoms with Crippen molar-refractivity contribution in [2.45, 2.75) is 6.54 Å². The van der Waals surface area contributed by atoms with Crippen LogP contribution in [0.25, 0.3) is 10.8 Å². The maximum absolute atomic E-state index is 12.9. The molecule has 4 heteroatoms. The number of nitrogens with zero attached hydrogens (tertiary/aromatic N) is 2. The monoisotopic (exact) mass is 306 g/mol. The molecule has 0 aliphatic heterocycles. The van der Waals surface area contributed by atoms with E-state index in [1.54, 1.807) is 17.3 Å². The summed E-state index contributed by atoms with van der Waals surface area (Å²) < 4.78 is 0. The van der Waals surface area contributed by atoms with Crippen LogP contribution < -0.4 is 0 Å². The molecule has 0 aliphatic rings. The molecule has 2 aromatic carbocycles. The number of fused-ring (bicyclic) bond motifs is 1. The molecule has 0 saturated carbocycles. The van der Waals surface area contributed by atoms with Crippen molar-refractivity contribution in [3.8, 4) is 0 Å². The second-order valence-corrected chi connectivity index (χ2v) is 5.34. The number of rotatable bonds is 5. The standard InChI is InChI=1S/C19H18N2O2/c22-11-10-21(14-15-6-2-1-3-7-15)19(23)18-13-20-12-16-8-4-5-9-17(16)18/h1-9,12-13,22H,10-11,14H2. The zero-order chi connectivity index (χ0) is 16.1. The Morgan fingerprint density at radius 3 is 2.52 bits per heavy atom. The van der Waals surface area contributed by atoms with Gasteiger partial charge in [0.2, 0.25) is 0 Å². The molecule has 116 valence electrons. The summed E-state index contributed by atoms with van der Waals surface area (Å²) in [7, 11) is 0. The molecule has 0 spiro atoms. The topological polar surface area (TPSA) is 53.4 Å². The summed E-state index contributed by atoms with van der Waals surface area (Å²) in [5, 5.41) is 11.1. The summed E-state index contributed by atoms with van der Waals surface area (Å²) in [6.07, 6.45) is 3.35. The van der Waals surface area contributed by atoms with Crippen molar-refractivity contribution in [2.24, 2.45) is 0 Å². The Morgan fingerprint density at radius 2 is 1.74 bits per heavy atom. The normalized spacial score (nSPS) is 10.7. The molecule has 3 rings (SSSR count). The second-order valence-electron chi connectivity index (χ2n) is 5.34. The zero-order valence-electron chi connectivity index (χ0n) is 12.7. The number of aliphatic hydroxyl groups excluding tert-OH is 1. The number of aliphatic hydroxyl groups is 1. The van der Waals surface area contributed by atoms with Crippen LogP contribution in [0, 0.1) is 0 Å². The van der Waals surface area contributed by atoms with Gasteiger partial charge in [-0.3, -0.25) is 9.78 Å². The Morgan fingerprint density at radius 1 is 1.00 bits per heavy atom. The molecular formula is C19H18N2O2. The minimum absolute atomic E-state index is 0.0727. The van der Waals surface area contributed by atoms with Crippen LogP contribution in [0.1, 0.15) is 15.9 Å². The summed E-state index contributed by atoms with van der Waals surface area (Å²) >= 11 is 0. The van der Waals surface area contributed by atoms with Gasteiger partial charge in [-0.15, -0.1) is 0 Å². The first-order valence-corrected chi connectivity index (χ1v) is 7.56. The van der Waals surface area contributed by atoms with Crippen LogP contribution >= 0.6 is 0 Å². The summed E-state index contributed by atoms with van der Waals surface area (Å²) in [5.41, 5.74) is 1.59. The van der Waals surface area contributed by atoms with E-state index in [0.717, 1.165) is 16.3 Å². The van der Waals surface area contributed by atoms with E-state index in [9.17, 15) is 9.90 Å². The molecule has 0 aliphatic carbocycles. The highest BCUT2D eigenvalue weighted by molar-refractivity contribution is 6.06. The van der Waals surface area contributed by atoms with Gasteiger partial charge in [-0.2, -0.15) is 0 Å². The fourth-order valence-electron chi connectivity index (χ4n) is 2.63. The van der Waals surface area contributed by atoms with Gasteiger partial charge >= 0.3 is 0 Å². The van der Waals surface area contributed by atoms with Gasteiger partial charge in [0.25, 0.3) is 5.91 Å². The van der Waals surface area contributed by atoms with Gasteiger partial charge < -0.3 is 10.0 Å². The Balaban J connectivity index is 1.94. The minimum atomic E-state index is -0.118. The Bertz CT molecular complexity index is 797. The molecule has 1 amide bonds. The summed E-state index contributed by atoms with van der Waals surface area (Å²) in [5.74, 6) is -0.118. The first-order valence-electron chi connectivity index (χ1n) is 7.56. The van der Waals surface area contributed by atoms with Crippen molar-refractivity contribution in [2.75, 3.05) is 13.2 Å². The molecule has 4 nitrogen and oxygen atoms in total. The SMILES string of the molecule is O=C(c1cncc2ccccc12)N(CCO)Cc1ccccc1. The van der Waals surface area contributed by atoms with Gasteiger partial charge in [0.1, 0.15) is 0 Å². The highest BCUT2D eigenvalue weighted by Crippen LogP contribution is 2.19. The van der Waals surface area contributed by atoms with Gasteiger partial charge in [0.05, 0.1) is 12.2 Å². The molecule has 3 aromatic rings. The quantitative estimate of drug-likeness (QED) is 0.788. The lowest BCUT2D eigenvalue weighted by Crippen LogP contribution is -2.33. The van der Waals surface area contributed by atoms with Gasteiger partial charge in [0, 0.05) is 30.9 Å². The number of aromatic nitrogens is 1. The summed E-state index contributed by atoms with van der Waals surface area (Å²) in [4.78, 5) is 18.8. The van der Waals surface area contributed by atoms with Crippen molar-refractivity contribution in [3.05, 3.63) is 78.1 Å². The first kappa shape index (κ1) is 15.2.